The molecule has 0 saturated carbocycles. The lowest BCUT2D eigenvalue weighted by Gasteiger charge is -2.27. The van der Waals surface area contributed by atoms with Gasteiger partial charge in [-0.05, 0) is 76.8 Å². The molecule has 10 heteroatoms. The molecule has 6 rings (SSSR count). The van der Waals surface area contributed by atoms with Gasteiger partial charge in [-0.3, -0.25) is 0 Å². The number of benzene rings is 2. The van der Waals surface area contributed by atoms with Crippen LogP contribution in [0.5, 0.6) is 5.75 Å². The summed E-state index contributed by atoms with van der Waals surface area (Å²) in [6.07, 6.45) is 4.46. The van der Waals surface area contributed by atoms with Crippen molar-refractivity contribution in [3.05, 3.63) is 71.6 Å². The van der Waals surface area contributed by atoms with E-state index >= 15 is 0 Å². The average molecular weight is 548 g/mol. The van der Waals surface area contributed by atoms with Crippen molar-refractivity contribution >= 4 is 17.1 Å². The van der Waals surface area contributed by atoms with E-state index in [4.69, 9.17) is 14.5 Å². The third-order valence-electron chi connectivity index (χ3n) is 7.43. The second-order valence-electron chi connectivity index (χ2n) is 12.0. The Kier molecular flexibility index (Phi) is 6.05. The van der Waals surface area contributed by atoms with Crippen LogP contribution in [0.15, 0.2) is 48.8 Å². The van der Waals surface area contributed by atoms with E-state index < -0.39 is 23.8 Å². The van der Waals surface area contributed by atoms with Crippen molar-refractivity contribution < 1.29 is 23.0 Å². The van der Waals surface area contributed by atoms with E-state index in [0.717, 1.165) is 52.0 Å². The van der Waals surface area contributed by atoms with E-state index in [1.54, 1.807) is 45.3 Å². The minimum absolute atomic E-state index is 0.127. The zero-order chi connectivity index (χ0) is 28.4. The summed E-state index contributed by atoms with van der Waals surface area (Å²) in [7, 11) is 0. The summed E-state index contributed by atoms with van der Waals surface area (Å²) >= 11 is 0. The second-order valence-corrected chi connectivity index (χ2v) is 12.0. The van der Waals surface area contributed by atoms with Crippen LogP contribution >= 0.6 is 0 Å². The molecule has 40 heavy (non-hydrogen) atoms. The van der Waals surface area contributed by atoms with Gasteiger partial charge >= 0.3 is 12.7 Å². The molecule has 0 fully saturated rings. The van der Waals surface area contributed by atoms with Crippen molar-refractivity contribution in [3.63, 3.8) is 0 Å². The molecule has 0 saturated heterocycles. The van der Waals surface area contributed by atoms with E-state index in [9.17, 15) is 13.6 Å². The third-order valence-corrected chi connectivity index (χ3v) is 7.43. The number of nitrogens with one attached hydrogen (secondary N) is 1. The maximum absolute atomic E-state index is 13.2. The Morgan fingerprint density at radius 3 is 2.52 bits per heavy atom. The molecule has 8 nitrogen and oxygen atoms in total. The molecule has 0 radical (unpaired) electrons. The molecule has 208 valence electrons. The molecule has 2 aromatic heterocycles. The summed E-state index contributed by atoms with van der Waals surface area (Å²) in [5, 5.41) is 2.83. The van der Waals surface area contributed by atoms with Crippen LogP contribution in [0.4, 0.5) is 13.6 Å². The number of carbonyl (C=O) groups is 1. The molecular weight excluding hydrogens is 516 g/mol. The van der Waals surface area contributed by atoms with Crippen molar-refractivity contribution in [2.75, 3.05) is 0 Å². The van der Waals surface area contributed by atoms with Crippen LogP contribution in [-0.2, 0) is 16.7 Å². The highest BCUT2D eigenvalue weighted by atomic mass is 19.3. The zero-order valence-corrected chi connectivity index (χ0v) is 23.0. The van der Waals surface area contributed by atoms with Crippen molar-refractivity contribution in [1.29, 1.82) is 0 Å². The van der Waals surface area contributed by atoms with Crippen LogP contribution in [0.3, 0.4) is 0 Å². The van der Waals surface area contributed by atoms with Gasteiger partial charge in [-0.15, -0.1) is 0 Å². The highest BCUT2D eigenvalue weighted by molar-refractivity contribution is 5.83. The molecule has 3 heterocycles. The number of ether oxygens (including phenoxy) is 2. The van der Waals surface area contributed by atoms with Crippen LogP contribution in [-0.4, -0.2) is 37.8 Å². The first-order valence-corrected chi connectivity index (χ1v) is 13.3. The predicted octanol–water partition coefficient (Wildman–Crippen LogP) is 6.49. The molecule has 1 aliphatic heterocycles. The molecule has 2 aliphatic rings. The number of fused-ring (bicyclic) bond motifs is 9. The van der Waals surface area contributed by atoms with Crippen LogP contribution < -0.4 is 10.1 Å². The number of alkyl halides is 2. The largest absolute Gasteiger partial charge is 0.444 e. The number of aromatic nitrogens is 4. The fourth-order valence-corrected chi connectivity index (χ4v) is 5.83. The summed E-state index contributed by atoms with van der Waals surface area (Å²) in [6, 6.07) is 11.2. The highest BCUT2D eigenvalue weighted by Crippen LogP contribution is 2.51. The number of nitrogens with zero attached hydrogens (tertiary/aromatic N) is 4. The van der Waals surface area contributed by atoms with Gasteiger partial charge in [0.15, 0.2) is 5.82 Å². The zero-order valence-electron chi connectivity index (χ0n) is 23.0. The van der Waals surface area contributed by atoms with Crippen molar-refractivity contribution in [3.8, 4) is 16.9 Å². The Hall–Kier alpha value is -4.08. The van der Waals surface area contributed by atoms with Gasteiger partial charge in [-0.25, -0.2) is 19.7 Å². The number of carbonyl (C=O) groups excluding carboxylic acids is 1. The average Bonchev–Trinajstić information content (AvgIpc) is 3.37. The van der Waals surface area contributed by atoms with Crippen LogP contribution in [0.25, 0.3) is 22.2 Å². The first-order valence-electron chi connectivity index (χ1n) is 13.3. The van der Waals surface area contributed by atoms with Crippen molar-refractivity contribution in [2.24, 2.45) is 0 Å². The van der Waals surface area contributed by atoms with E-state index in [0.29, 0.717) is 5.82 Å². The molecule has 1 N–H and O–H groups in total. The molecule has 1 amide bonds. The summed E-state index contributed by atoms with van der Waals surface area (Å²) in [5.41, 5.74) is 3.86. The molecule has 1 aliphatic carbocycles. The Labute approximate surface area is 230 Å². The van der Waals surface area contributed by atoms with Crippen LogP contribution in [0.1, 0.15) is 75.8 Å². The maximum atomic E-state index is 13.2. The monoisotopic (exact) mass is 547 g/mol. The molecule has 4 aromatic rings. The SMILES string of the molecule is CC(C)(C)OC(=O)NC(C)(C)c1ncc(-c2ccc3nc4n(c3c2)[C@@H]2C[C@H]4Cc3cccc(OC(F)F)c32)cn1. The number of imidazole rings is 1. The number of hydrogen-bond donors (Lipinski definition) is 1. The predicted molar refractivity (Wildman–Crippen MR) is 145 cm³/mol. The molecule has 0 unspecified atom stereocenters. The summed E-state index contributed by atoms with van der Waals surface area (Å²) in [5.74, 6) is 1.87. The Morgan fingerprint density at radius 2 is 1.82 bits per heavy atom. The normalized spacial score (nSPS) is 18.0. The number of amides is 1. The molecular formula is C30H31F2N5O3. The van der Waals surface area contributed by atoms with E-state index in [1.807, 2.05) is 38.1 Å². The lowest BCUT2D eigenvalue weighted by Crippen LogP contribution is -2.44. The molecule has 2 atom stereocenters. The molecule has 2 aromatic carbocycles. The smallest absolute Gasteiger partial charge is 0.408 e. The first kappa shape index (κ1) is 26.2. The summed E-state index contributed by atoms with van der Waals surface area (Å²) < 4.78 is 38.9. The third kappa shape index (κ3) is 4.65. The Bertz CT molecular complexity index is 1610. The topological polar surface area (TPSA) is 91.2 Å². The van der Waals surface area contributed by atoms with Gasteiger partial charge in [0, 0.05) is 29.4 Å². The van der Waals surface area contributed by atoms with Gasteiger partial charge in [0.2, 0.25) is 0 Å². The van der Waals surface area contributed by atoms with Gasteiger partial charge in [0.05, 0.1) is 22.6 Å². The van der Waals surface area contributed by atoms with Gasteiger partial charge in [0.1, 0.15) is 17.2 Å². The minimum atomic E-state index is -2.89. The Balaban J connectivity index is 1.32. The highest BCUT2D eigenvalue weighted by Gasteiger charge is 2.42. The number of hydrogen-bond acceptors (Lipinski definition) is 6. The van der Waals surface area contributed by atoms with Gasteiger partial charge in [0.25, 0.3) is 0 Å². The van der Waals surface area contributed by atoms with E-state index in [2.05, 4.69) is 19.9 Å². The maximum Gasteiger partial charge on any atom is 0.408 e. The molecule has 0 spiro atoms. The van der Waals surface area contributed by atoms with E-state index in [-0.39, 0.29) is 17.7 Å². The van der Waals surface area contributed by atoms with Crippen LogP contribution in [0, 0.1) is 0 Å². The fraction of sp³-hybridized carbons (Fsp3) is 0.400. The summed E-state index contributed by atoms with van der Waals surface area (Å²) in [6.45, 7) is 6.16. The molecule has 2 bridgehead atoms. The van der Waals surface area contributed by atoms with Gasteiger partial charge in [-0.1, -0.05) is 18.2 Å². The van der Waals surface area contributed by atoms with Gasteiger partial charge in [-0.2, -0.15) is 8.78 Å². The standard InChI is InChI=1S/C30H31F2N5O3/c1-29(2,3)40-28(38)36-30(4,5)26-33-14-19(15-34-26)16-9-10-20-21(12-16)37-22-13-18(25(37)35-20)11-17-7-6-8-23(24(17)22)39-27(31)32/h6-10,12,14-15,18,22,27H,11,13H2,1-5H3,(H,36,38)/t18-,22-/m1/s1. The number of rotatable bonds is 5. The Morgan fingerprint density at radius 1 is 1.07 bits per heavy atom. The number of alkyl carbamates (subject to hydrolysis) is 1. The lowest BCUT2D eigenvalue weighted by molar-refractivity contribution is -0.0508. The quantitative estimate of drug-likeness (QED) is 0.307. The fourth-order valence-electron chi connectivity index (χ4n) is 5.83. The minimum Gasteiger partial charge on any atom is -0.444 e. The van der Waals surface area contributed by atoms with Crippen molar-refractivity contribution in [1.82, 2.24) is 24.8 Å². The second kappa shape index (κ2) is 9.25. The van der Waals surface area contributed by atoms with Crippen LogP contribution in [0.2, 0.25) is 0 Å². The summed E-state index contributed by atoms with van der Waals surface area (Å²) in [4.78, 5) is 26.3. The number of halogens is 2. The first-order chi connectivity index (χ1) is 18.9. The lowest BCUT2D eigenvalue weighted by atomic mass is 9.83. The van der Waals surface area contributed by atoms with E-state index in [1.165, 1.54) is 0 Å². The van der Waals surface area contributed by atoms with Crippen molar-refractivity contribution in [2.45, 2.75) is 77.2 Å². The van der Waals surface area contributed by atoms with Gasteiger partial charge < -0.3 is 19.4 Å².